The molecule has 0 unspecified atom stereocenters. The molecule has 0 spiro atoms. The van der Waals surface area contributed by atoms with Gasteiger partial charge in [0.2, 0.25) is 0 Å². The van der Waals surface area contributed by atoms with E-state index in [0.29, 0.717) is 16.3 Å². The van der Waals surface area contributed by atoms with Gasteiger partial charge in [0.25, 0.3) is 0 Å². The van der Waals surface area contributed by atoms with Crippen LogP contribution in [-0.4, -0.2) is 29.2 Å². The Morgan fingerprint density at radius 2 is 1.92 bits per heavy atom. The smallest absolute Gasteiger partial charge is 0.400 e. The van der Waals surface area contributed by atoms with Crippen molar-refractivity contribution in [3.8, 4) is 6.07 Å². The average molecular weight is 378 g/mol. The first-order valence-corrected chi connectivity index (χ1v) is 9.31. The van der Waals surface area contributed by atoms with Crippen molar-refractivity contribution in [1.29, 1.82) is 5.26 Å². The van der Waals surface area contributed by atoms with Crippen molar-refractivity contribution in [1.82, 2.24) is 0 Å². The predicted octanol–water partition coefficient (Wildman–Crippen LogP) is 4.51. The highest BCUT2D eigenvalue weighted by Gasteiger charge is 2.52. The lowest BCUT2D eigenvalue weighted by atomic mass is 9.78. The lowest BCUT2D eigenvalue weighted by Gasteiger charge is -2.32. The summed E-state index contributed by atoms with van der Waals surface area (Å²) in [7, 11) is -0.543. The highest BCUT2D eigenvalue weighted by molar-refractivity contribution is 8.13. The van der Waals surface area contributed by atoms with Gasteiger partial charge in [-0.05, 0) is 50.9 Å². The van der Waals surface area contributed by atoms with Crippen molar-refractivity contribution in [2.75, 3.05) is 5.75 Å². The Kier molecular flexibility index (Phi) is 6.06. The number of rotatable bonds is 4. The molecule has 0 N–H and O–H groups in total. The molecule has 1 heterocycles. The van der Waals surface area contributed by atoms with E-state index in [4.69, 9.17) is 26.2 Å². The van der Waals surface area contributed by atoms with Gasteiger partial charge in [0.1, 0.15) is 6.07 Å². The minimum atomic E-state index is -0.543. The van der Waals surface area contributed by atoms with Crippen molar-refractivity contribution in [3.63, 3.8) is 0 Å². The fourth-order valence-electron chi connectivity index (χ4n) is 2.29. The molecule has 1 fully saturated rings. The Balaban J connectivity index is 2.37. The predicted molar refractivity (Wildman–Crippen MR) is 103 cm³/mol. The molecule has 132 valence electrons. The zero-order chi connectivity index (χ0) is 18.8. The van der Waals surface area contributed by atoms with Gasteiger partial charge in [-0.1, -0.05) is 35.5 Å². The van der Waals surface area contributed by atoms with Crippen molar-refractivity contribution in [3.05, 3.63) is 39.8 Å². The molecule has 1 aromatic carbocycles. The van der Waals surface area contributed by atoms with Gasteiger partial charge in [-0.2, -0.15) is 5.26 Å². The van der Waals surface area contributed by atoms with E-state index in [-0.39, 0.29) is 5.12 Å². The molecule has 1 aliphatic heterocycles. The molecule has 0 amide bonds. The topological polar surface area (TPSA) is 59.3 Å². The van der Waals surface area contributed by atoms with Crippen LogP contribution in [0.2, 0.25) is 5.02 Å². The minimum absolute atomic E-state index is 0.0243. The lowest BCUT2D eigenvalue weighted by Crippen LogP contribution is -2.41. The highest BCUT2D eigenvalue weighted by Crippen LogP contribution is 2.39. The maximum Gasteiger partial charge on any atom is 0.491 e. The zero-order valence-corrected chi connectivity index (χ0v) is 16.6. The van der Waals surface area contributed by atoms with E-state index < -0.39 is 18.3 Å². The number of carbonyl (C=O) groups excluding carboxylic acids is 1. The largest absolute Gasteiger partial charge is 0.491 e. The fourth-order valence-corrected chi connectivity index (χ4v) is 3.04. The summed E-state index contributed by atoms with van der Waals surface area (Å²) in [6.45, 7) is 9.47. The first kappa shape index (κ1) is 20.1. The Labute approximate surface area is 158 Å². The Bertz CT molecular complexity index is 739. The summed E-state index contributed by atoms with van der Waals surface area (Å²) in [6, 6.07) is 7.30. The molecule has 4 nitrogen and oxygen atoms in total. The van der Waals surface area contributed by atoms with Crippen LogP contribution in [0.3, 0.4) is 0 Å². The molecule has 0 aliphatic carbocycles. The molecule has 1 aliphatic rings. The van der Waals surface area contributed by atoms with Crippen molar-refractivity contribution in [2.45, 2.75) is 45.8 Å². The van der Waals surface area contributed by atoms with Crippen LogP contribution in [0.4, 0.5) is 0 Å². The van der Waals surface area contributed by atoms with E-state index in [0.717, 1.165) is 11.0 Å². The molecule has 0 radical (unpaired) electrons. The summed E-state index contributed by atoms with van der Waals surface area (Å²) in [6.07, 6.45) is 1.90. The first-order chi connectivity index (χ1) is 11.6. The summed E-state index contributed by atoms with van der Waals surface area (Å²) in [5.74, 6) is 0.455. The molecule has 0 bridgehead atoms. The summed E-state index contributed by atoms with van der Waals surface area (Å²) < 4.78 is 12.2. The Hall–Kier alpha value is -1.26. The van der Waals surface area contributed by atoms with Crippen LogP contribution in [-0.2, 0) is 14.1 Å². The molecule has 1 saturated heterocycles. The summed E-state index contributed by atoms with van der Waals surface area (Å²) in [4.78, 5) is 11.4. The van der Waals surface area contributed by atoms with Crippen molar-refractivity contribution < 1.29 is 14.1 Å². The molecule has 1 aromatic rings. The summed E-state index contributed by atoms with van der Waals surface area (Å²) >= 11 is 7.20. The standard InChI is InChI=1S/C18H21BClNO3S/c1-12(22)25-11-15(19-23-17(2,3)18(4,5)24-19)9-13-6-7-16(20)14(8-13)10-21/h6-9H,11H2,1-5H3. The number of carbonyl (C=O) groups is 1. The van der Waals surface area contributed by atoms with Crippen molar-refractivity contribution >= 4 is 41.7 Å². The summed E-state index contributed by atoms with van der Waals surface area (Å²) in [5.41, 5.74) is 1.13. The number of benzene rings is 1. The van der Waals surface area contributed by atoms with Gasteiger partial charge in [0.15, 0.2) is 5.12 Å². The highest BCUT2D eigenvalue weighted by atomic mass is 35.5. The lowest BCUT2D eigenvalue weighted by molar-refractivity contribution is -0.109. The summed E-state index contributed by atoms with van der Waals surface area (Å²) in [5, 5.41) is 9.58. The molecular formula is C18H21BClNO3S. The molecule has 0 atom stereocenters. The van der Waals surface area contributed by atoms with Gasteiger partial charge in [0, 0.05) is 12.7 Å². The molecule has 0 saturated carbocycles. The number of halogens is 1. The normalized spacial score (nSPS) is 18.9. The van der Waals surface area contributed by atoms with Gasteiger partial charge < -0.3 is 9.31 Å². The molecule has 25 heavy (non-hydrogen) atoms. The monoisotopic (exact) mass is 377 g/mol. The fraction of sp³-hybridized carbons (Fsp3) is 0.444. The van der Waals surface area contributed by atoms with Crippen LogP contribution in [0, 0.1) is 11.3 Å². The van der Waals surface area contributed by atoms with Crippen LogP contribution in [0.5, 0.6) is 0 Å². The average Bonchev–Trinajstić information content (AvgIpc) is 2.73. The number of thioether (sulfide) groups is 1. The van der Waals surface area contributed by atoms with Crippen LogP contribution in [0.15, 0.2) is 23.7 Å². The van der Waals surface area contributed by atoms with Gasteiger partial charge in [-0.3, -0.25) is 4.79 Å². The quantitative estimate of drug-likeness (QED) is 0.723. The number of nitriles is 1. The van der Waals surface area contributed by atoms with E-state index in [1.807, 2.05) is 39.8 Å². The molecule has 7 heteroatoms. The van der Waals surface area contributed by atoms with E-state index >= 15 is 0 Å². The van der Waals surface area contributed by atoms with E-state index in [1.165, 1.54) is 18.7 Å². The van der Waals surface area contributed by atoms with Gasteiger partial charge in [-0.15, -0.1) is 0 Å². The van der Waals surface area contributed by atoms with Crippen LogP contribution in [0.25, 0.3) is 6.08 Å². The molecule has 2 rings (SSSR count). The van der Waals surface area contributed by atoms with Gasteiger partial charge >= 0.3 is 7.12 Å². The first-order valence-electron chi connectivity index (χ1n) is 7.95. The third-order valence-corrected chi connectivity index (χ3v) is 5.67. The van der Waals surface area contributed by atoms with Gasteiger partial charge in [-0.25, -0.2) is 0 Å². The number of hydrogen-bond acceptors (Lipinski definition) is 5. The second-order valence-corrected chi connectivity index (χ2v) is 8.50. The molecular weight excluding hydrogens is 357 g/mol. The maximum atomic E-state index is 11.4. The number of hydrogen-bond donors (Lipinski definition) is 0. The second kappa shape index (κ2) is 7.55. The SMILES string of the molecule is CC(=O)SCC(=Cc1ccc(Cl)c(C#N)c1)B1OC(C)(C)C(C)(C)O1. The zero-order valence-electron chi connectivity index (χ0n) is 15.1. The second-order valence-electron chi connectivity index (χ2n) is 6.94. The van der Waals surface area contributed by atoms with E-state index in [9.17, 15) is 4.79 Å². The minimum Gasteiger partial charge on any atom is -0.400 e. The Morgan fingerprint density at radius 1 is 1.32 bits per heavy atom. The molecule has 0 aromatic heterocycles. The third kappa shape index (κ3) is 4.68. The van der Waals surface area contributed by atoms with Crippen molar-refractivity contribution in [2.24, 2.45) is 0 Å². The van der Waals surface area contributed by atoms with Gasteiger partial charge in [0.05, 0.1) is 21.8 Å². The van der Waals surface area contributed by atoms with E-state index in [2.05, 4.69) is 6.07 Å². The number of nitrogens with zero attached hydrogens (tertiary/aromatic N) is 1. The van der Waals surface area contributed by atoms with Crippen LogP contribution in [0.1, 0.15) is 45.7 Å². The third-order valence-electron chi connectivity index (χ3n) is 4.46. The van der Waals surface area contributed by atoms with Crippen LogP contribution >= 0.6 is 23.4 Å². The van der Waals surface area contributed by atoms with E-state index in [1.54, 1.807) is 12.1 Å². The van der Waals surface area contributed by atoms with Crippen LogP contribution < -0.4 is 0 Å². The maximum absolute atomic E-state index is 11.4. The Morgan fingerprint density at radius 3 is 2.44 bits per heavy atom.